The first-order valence-electron chi connectivity index (χ1n) is 10.2. The van der Waals surface area contributed by atoms with Crippen LogP contribution in [-0.2, 0) is 4.79 Å². The second-order valence-corrected chi connectivity index (χ2v) is 7.42. The number of oxazole rings is 1. The van der Waals surface area contributed by atoms with Gasteiger partial charge >= 0.3 is 0 Å². The van der Waals surface area contributed by atoms with Gasteiger partial charge in [0, 0.05) is 22.5 Å². The van der Waals surface area contributed by atoms with Crippen molar-refractivity contribution in [1.82, 2.24) is 4.98 Å². The molecule has 1 aromatic heterocycles. The Bertz CT molecular complexity index is 1290. The standard InChI is InChI=1S/C26H20N4O3/c1-18-2-12-23(13-3-18)30(26(32)21-6-4-19(14-27)5-7-21)15-25(31)29-22-10-8-20(9-11-22)24-16-33-17-28-24/h2-13,16-17H,15H2,1H3,(H,29,31). The number of carbonyl (C=O) groups is 2. The van der Waals surface area contributed by atoms with Crippen LogP contribution in [0.15, 0.2) is 89.9 Å². The van der Waals surface area contributed by atoms with E-state index in [0.717, 1.165) is 11.1 Å². The summed E-state index contributed by atoms with van der Waals surface area (Å²) < 4.78 is 4.99. The molecule has 2 amide bonds. The Kier molecular flexibility index (Phi) is 6.28. The van der Waals surface area contributed by atoms with Crippen molar-refractivity contribution in [1.29, 1.82) is 5.26 Å². The molecule has 4 rings (SSSR count). The van der Waals surface area contributed by atoms with Crippen molar-refractivity contribution in [2.75, 3.05) is 16.8 Å². The van der Waals surface area contributed by atoms with Crippen LogP contribution in [0, 0.1) is 18.3 Å². The second kappa shape index (κ2) is 9.62. The molecule has 7 nitrogen and oxygen atoms in total. The summed E-state index contributed by atoms with van der Waals surface area (Å²) in [5.74, 6) is -0.674. The monoisotopic (exact) mass is 436 g/mol. The molecule has 0 aliphatic heterocycles. The molecule has 0 saturated carbocycles. The molecule has 1 heterocycles. The van der Waals surface area contributed by atoms with E-state index < -0.39 is 0 Å². The normalized spacial score (nSPS) is 10.3. The van der Waals surface area contributed by atoms with Crippen LogP contribution in [0.25, 0.3) is 11.3 Å². The summed E-state index contributed by atoms with van der Waals surface area (Å²) in [6, 6.07) is 22.9. The highest BCUT2D eigenvalue weighted by Gasteiger charge is 2.21. The fraction of sp³-hybridized carbons (Fsp3) is 0.0769. The molecular weight excluding hydrogens is 416 g/mol. The minimum Gasteiger partial charge on any atom is -0.451 e. The summed E-state index contributed by atoms with van der Waals surface area (Å²) in [4.78, 5) is 31.6. The maximum Gasteiger partial charge on any atom is 0.258 e. The number of aromatic nitrogens is 1. The number of carbonyl (C=O) groups excluding carboxylic acids is 2. The van der Waals surface area contributed by atoms with E-state index in [1.807, 2.05) is 37.3 Å². The number of nitriles is 1. The van der Waals surface area contributed by atoms with Crippen LogP contribution in [0.5, 0.6) is 0 Å². The van der Waals surface area contributed by atoms with E-state index >= 15 is 0 Å². The first kappa shape index (κ1) is 21.5. The number of aryl methyl sites for hydroxylation is 1. The van der Waals surface area contributed by atoms with Gasteiger partial charge in [-0.2, -0.15) is 5.26 Å². The molecule has 0 saturated heterocycles. The average molecular weight is 436 g/mol. The molecule has 0 aliphatic carbocycles. The number of nitrogens with zero attached hydrogens (tertiary/aromatic N) is 3. The lowest BCUT2D eigenvalue weighted by Crippen LogP contribution is -2.38. The smallest absolute Gasteiger partial charge is 0.258 e. The molecule has 0 radical (unpaired) electrons. The van der Waals surface area contributed by atoms with E-state index in [9.17, 15) is 9.59 Å². The minimum atomic E-state index is -0.341. The van der Waals surface area contributed by atoms with E-state index in [4.69, 9.17) is 9.68 Å². The second-order valence-electron chi connectivity index (χ2n) is 7.42. The predicted octanol–water partition coefficient (Wildman–Crippen LogP) is 4.81. The number of hydrogen-bond donors (Lipinski definition) is 1. The Morgan fingerprint density at radius 3 is 2.30 bits per heavy atom. The van der Waals surface area contributed by atoms with Gasteiger partial charge < -0.3 is 9.73 Å². The van der Waals surface area contributed by atoms with Gasteiger partial charge in [0.2, 0.25) is 5.91 Å². The van der Waals surface area contributed by atoms with Crippen LogP contribution in [-0.4, -0.2) is 23.3 Å². The number of hydrogen-bond acceptors (Lipinski definition) is 5. The summed E-state index contributed by atoms with van der Waals surface area (Å²) in [5, 5.41) is 11.8. The van der Waals surface area contributed by atoms with Gasteiger partial charge in [0.15, 0.2) is 6.39 Å². The van der Waals surface area contributed by atoms with Crippen molar-refractivity contribution >= 4 is 23.2 Å². The van der Waals surface area contributed by atoms with Crippen LogP contribution in [0.3, 0.4) is 0 Å². The molecule has 3 aromatic carbocycles. The molecule has 0 spiro atoms. The van der Waals surface area contributed by atoms with Crippen LogP contribution in [0.4, 0.5) is 11.4 Å². The van der Waals surface area contributed by atoms with Crippen molar-refractivity contribution in [3.8, 4) is 17.3 Å². The lowest BCUT2D eigenvalue weighted by atomic mass is 10.1. The van der Waals surface area contributed by atoms with Crippen molar-refractivity contribution < 1.29 is 14.0 Å². The highest BCUT2D eigenvalue weighted by atomic mass is 16.3. The summed E-state index contributed by atoms with van der Waals surface area (Å²) in [6.07, 6.45) is 2.90. The van der Waals surface area contributed by atoms with Crippen LogP contribution in [0.1, 0.15) is 21.5 Å². The van der Waals surface area contributed by atoms with Gasteiger partial charge in [-0.1, -0.05) is 29.8 Å². The summed E-state index contributed by atoms with van der Waals surface area (Å²) in [6.45, 7) is 1.78. The SMILES string of the molecule is Cc1ccc(N(CC(=O)Nc2ccc(-c3cocn3)cc2)C(=O)c2ccc(C#N)cc2)cc1. The fourth-order valence-corrected chi connectivity index (χ4v) is 3.27. The molecule has 0 atom stereocenters. The summed E-state index contributed by atoms with van der Waals surface area (Å²) in [7, 11) is 0. The van der Waals surface area contributed by atoms with E-state index in [-0.39, 0.29) is 18.4 Å². The zero-order valence-corrected chi connectivity index (χ0v) is 17.9. The van der Waals surface area contributed by atoms with Gasteiger partial charge in [-0.15, -0.1) is 0 Å². The molecule has 0 unspecified atom stereocenters. The van der Waals surface area contributed by atoms with E-state index in [1.54, 1.807) is 54.8 Å². The molecule has 4 aromatic rings. The maximum absolute atomic E-state index is 13.2. The number of benzene rings is 3. The molecular formula is C26H20N4O3. The van der Waals surface area contributed by atoms with Gasteiger partial charge in [-0.05, 0) is 55.5 Å². The van der Waals surface area contributed by atoms with Gasteiger partial charge in [-0.25, -0.2) is 4.98 Å². The first-order valence-corrected chi connectivity index (χ1v) is 10.2. The highest BCUT2D eigenvalue weighted by molar-refractivity contribution is 6.10. The maximum atomic E-state index is 13.2. The van der Waals surface area contributed by atoms with Crippen molar-refractivity contribution in [3.63, 3.8) is 0 Å². The third-order valence-electron chi connectivity index (χ3n) is 5.05. The quantitative estimate of drug-likeness (QED) is 0.468. The number of amides is 2. The fourth-order valence-electron chi connectivity index (χ4n) is 3.27. The molecule has 7 heteroatoms. The Balaban J connectivity index is 1.52. The Morgan fingerprint density at radius 1 is 1.00 bits per heavy atom. The van der Waals surface area contributed by atoms with Crippen LogP contribution >= 0.6 is 0 Å². The van der Waals surface area contributed by atoms with Crippen LogP contribution < -0.4 is 10.2 Å². The largest absolute Gasteiger partial charge is 0.451 e. The number of rotatable bonds is 6. The van der Waals surface area contributed by atoms with Gasteiger partial charge in [0.05, 0.1) is 11.6 Å². The van der Waals surface area contributed by atoms with E-state index in [1.165, 1.54) is 11.3 Å². The summed E-state index contributed by atoms with van der Waals surface area (Å²) in [5.41, 5.74) is 4.65. The lowest BCUT2D eigenvalue weighted by molar-refractivity contribution is -0.114. The van der Waals surface area contributed by atoms with Crippen molar-refractivity contribution in [3.05, 3.63) is 102 Å². The molecule has 162 valence electrons. The van der Waals surface area contributed by atoms with Crippen molar-refractivity contribution in [2.45, 2.75) is 6.92 Å². The zero-order valence-electron chi connectivity index (χ0n) is 17.9. The topological polar surface area (TPSA) is 99.2 Å². The number of anilines is 2. The van der Waals surface area contributed by atoms with Gasteiger partial charge in [-0.3, -0.25) is 14.5 Å². The van der Waals surface area contributed by atoms with Gasteiger partial charge in [0.25, 0.3) is 5.91 Å². The zero-order chi connectivity index (χ0) is 23.2. The molecule has 33 heavy (non-hydrogen) atoms. The predicted molar refractivity (Wildman–Crippen MR) is 125 cm³/mol. The van der Waals surface area contributed by atoms with Crippen LogP contribution in [0.2, 0.25) is 0 Å². The number of nitrogens with one attached hydrogen (secondary N) is 1. The lowest BCUT2D eigenvalue weighted by Gasteiger charge is -2.23. The molecule has 0 aliphatic rings. The third-order valence-corrected chi connectivity index (χ3v) is 5.05. The first-order chi connectivity index (χ1) is 16.0. The highest BCUT2D eigenvalue weighted by Crippen LogP contribution is 2.21. The Hall–Kier alpha value is -4.70. The van der Waals surface area contributed by atoms with Gasteiger partial charge in [0.1, 0.15) is 18.5 Å². The third kappa shape index (κ3) is 5.14. The van der Waals surface area contributed by atoms with E-state index in [0.29, 0.717) is 28.2 Å². The molecule has 0 fully saturated rings. The van der Waals surface area contributed by atoms with Crippen molar-refractivity contribution in [2.24, 2.45) is 0 Å². The van der Waals surface area contributed by atoms with E-state index in [2.05, 4.69) is 10.3 Å². The molecule has 1 N–H and O–H groups in total. The molecule has 0 bridgehead atoms. The Labute approximate surface area is 190 Å². The average Bonchev–Trinajstić information content (AvgIpc) is 3.38. The Morgan fingerprint density at radius 2 is 1.70 bits per heavy atom. The minimum absolute atomic E-state index is 0.174. The summed E-state index contributed by atoms with van der Waals surface area (Å²) >= 11 is 0.